The minimum atomic E-state index is 0. The Morgan fingerprint density at radius 3 is 2.96 bits per heavy atom. The van der Waals surface area contributed by atoms with Crippen LogP contribution in [0.15, 0.2) is 34.2 Å². The Morgan fingerprint density at radius 1 is 1.38 bits per heavy atom. The summed E-state index contributed by atoms with van der Waals surface area (Å²) < 4.78 is 7.34. The van der Waals surface area contributed by atoms with Crippen molar-refractivity contribution in [1.82, 2.24) is 15.2 Å². The van der Waals surface area contributed by atoms with Crippen molar-refractivity contribution in [2.75, 3.05) is 26.2 Å². The first-order chi connectivity index (χ1) is 11.3. The van der Waals surface area contributed by atoms with E-state index >= 15 is 0 Å². The van der Waals surface area contributed by atoms with Crippen molar-refractivity contribution in [2.24, 2.45) is 4.99 Å². The van der Waals surface area contributed by atoms with Gasteiger partial charge in [-0.3, -0.25) is 9.79 Å². The number of unbranched alkanes of at least 4 members (excludes halogenated alkanes) is 1. The molecule has 0 spiro atoms. The molecule has 0 aromatic carbocycles. The molecule has 2 N–H and O–H groups in total. The predicted molar refractivity (Wildman–Crippen MR) is 108 cm³/mol. The van der Waals surface area contributed by atoms with E-state index in [9.17, 15) is 4.79 Å². The second kappa shape index (κ2) is 12.3. The highest BCUT2D eigenvalue weighted by Gasteiger charge is 2.14. The molecule has 0 saturated carbocycles. The lowest BCUT2D eigenvalue weighted by atomic mass is 10.2. The number of aryl methyl sites for hydroxylation is 1. The minimum Gasteiger partial charge on any atom is -0.376 e. The van der Waals surface area contributed by atoms with Crippen molar-refractivity contribution >= 4 is 29.9 Å². The number of nitrogens with one attached hydrogen (secondary N) is 2. The van der Waals surface area contributed by atoms with Gasteiger partial charge in [0.2, 0.25) is 5.56 Å². The van der Waals surface area contributed by atoms with Gasteiger partial charge in [-0.2, -0.15) is 0 Å². The summed E-state index contributed by atoms with van der Waals surface area (Å²) in [6, 6.07) is 5.26. The maximum Gasteiger partial charge on any atom is 0.250 e. The van der Waals surface area contributed by atoms with E-state index in [1.807, 2.05) is 12.3 Å². The fourth-order valence-corrected chi connectivity index (χ4v) is 2.58. The third kappa shape index (κ3) is 7.65. The Hall–Kier alpha value is -1.09. The first-order valence-electron chi connectivity index (χ1n) is 8.59. The van der Waals surface area contributed by atoms with E-state index in [4.69, 9.17) is 4.74 Å². The lowest BCUT2D eigenvalue weighted by molar-refractivity contribution is 0.117. The molecular weight excluding hydrogens is 419 g/mol. The summed E-state index contributed by atoms with van der Waals surface area (Å²) >= 11 is 0. The topological polar surface area (TPSA) is 67.7 Å². The van der Waals surface area contributed by atoms with Crippen LogP contribution in [0.2, 0.25) is 0 Å². The largest absolute Gasteiger partial charge is 0.376 e. The van der Waals surface area contributed by atoms with Crippen LogP contribution < -0.4 is 16.2 Å². The van der Waals surface area contributed by atoms with Crippen LogP contribution in [0.5, 0.6) is 0 Å². The fraction of sp³-hybridized carbons (Fsp3) is 0.647. The van der Waals surface area contributed by atoms with Gasteiger partial charge in [0.25, 0.3) is 0 Å². The van der Waals surface area contributed by atoms with Gasteiger partial charge in [-0.15, -0.1) is 24.0 Å². The highest BCUT2D eigenvalue weighted by atomic mass is 127. The zero-order valence-corrected chi connectivity index (χ0v) is 16.7. The third-order valence-electron chi connectivity index (χ3n) is 3.84. The van der Waals surface area contributed by atoms with E-state index < -0.39 is 0 Å². The van der Waals surface area contributed by atoms with Crippen LogP contribution in [0.4, 0.5) is 0 Å². The van der Waals surface area contributed by atoms with E-state index in [2.05, 4.69) is 22.5 Å². The Labute approximate surface area is 161 Å². The molecular formula is C17H29IN4O2. The number of aromatic nitrogens is 1. The number of pyridine rings is 1. The second-order valence-electron chi connectivity index (χ2n) is 5.72. The summed E-state index contributed by atoms with van der Waals surface area (Å²) in [5.74, 6) is 0.847. The molecule has 24 heavy (non-hydrogen) atoms. The van der Waals surface area contributed by atoms with Gasteiger partial charge in [0.1, 0.15) is 0 Å². The summed E-state index contributed by atoms with van der Waals surface area (Å²) in [6.45, 7) is 6.09. The average molecular weight is 448 g/mol. The van der Waals surface area contributed by atoms with Crippen LogP contribution >= 0.6 is 24.0 Å². The average Bonchev–Trinajstić information content (AvgIpc) is 3.07. The quantitative estimate of drug-likeness (QED) is 0.276. The highest BCUT2D eigenvalue weighted by molar-refractivity contribution is 14.0. The fourth-order valence-electron chi connectivity index (χ4n) is 2.58. The number of nitrogens with zero attached hydrogens (tertiary/aromatic N) is 2. The molecule has 136 valence electrons. The molecule has 1 aliphatic heterocycles. The standard InChI is InChI=1S/C17H28N4O2.HI/c1-2-18-17(20-14-15-8-7-13-23-15)19-10-4-6-12-21-11-5-3-9-16(21)22;/h3,5,9,11,15H,2,4,6-8,10,12-14H2,1H3,(H2,18,19,20);1H. The zero-order valence-electron chi connectivity index (χ0n) is 14.4. The molecule has 0 bridgehead atoms. The maximum absolute atomic E-state index is 11.6. The summed E-state index contributed by atoms with van der Waals surface area (Å²) in [5.41, 5.74) is 0.0620. The summed E-state index contributed by atoms with van der Waals surface area (Å²) in [6.07, 6.45) is 6.31. The Kier molecular flexibility index (Phi) is 10.7. The van der Waals surface area contributed by atoms with Crippen LogP contribution in [0, 0.1) is 0 Å². The SMILES string of the molecule is CCNC(=NCC1CCCO1)NCCCCn1ccccc1=O.I. The molecule has 1 aromatic heterocycles. The van der Waals surface area contributed by atoms with Gasteiger partial charge in [-0.1, -0.05) is 6.07 Å². The van der Waals surface area contributed by atoms with Gasteiger partial charge < -0.3 is 19.9 Å². The molecule has 0 amide bonds. The van der Waals surface area contributed by atoms with Crippen molar-refractivity contribution in [3.05, 3.63) is 34.7 Å². The highest BCUT2D eigenvalue weighted by Crippen LogP contribution is 2.11. The van der Waals surface area contributed by atoms with Crippen molar-refractivity contribution in [2.45, 2.75) is 45.3 Å². The number of guanidine groups is 1. The van der Waals surface area contributed by atoms with Crippen LogP contribution in [0.3, 0.4) is 0 Å². The molecule has 1 aromatic rings. The molecule has 1 aliphatic rings. The first-order valence-corrected chi connectivity index (χ1v) is 8.59. The molecule has 6 nitrogen and oxygen atoms in total. The van der Waals surface area contributed by atoms with Crippen LogP contribution in [0.25, 0.3) is 0 Å². The number of hydrogen-bond acceptors (Lipinski definition) is 3. The lowest BCUT2D eigenvalue weighted by Gasteiger charge is -2.13. The second-order valence-corrected chi connectivity index (χ2v) is 5.72. The molecule has 1 atom stereocenters. The van der Waals surface area contributed by atoms with Crippen molar-refractivity contribution in [3.63, 3.8) is 0 Å². The van der Waals surface area contributed by atoms with Crippen molar-refractivity contribution in [1.29, 1.82) is 0 Å². The summed E-state index contributed by atoms with van der Waals surface area (Å²) in [5, 5.41) is 6.59. The normalized spacial score (nSPS) is 17.4. The Balaban J connectivity index is 0.00000288. The third-order valence-corrected chi connectivity index (χ3v) is 3.84. The Morgan fingerprint density at radius 2 is 2.25 bits per heavy atom. The number of ether oxygens (including phenoxy) is 1. The van der Waals surface area contributed by atoms with E-state index in [1.54, 1.807) is 16.7 Å². The maximum atomic E-state index is 11.6. The molecule has 0 aliphatic carbocycles. The van der Waals surface area contributed by atoms with Crippen molar-refractivity contribution in [3.8, 4) is 0 Å². The summed E-state index contributed by atoms with van der Waals surface area (Å²) in [7, 11) is 0. The monoisotopic (exact) mass is 448 g/mol. The number of rotatable bonds is 8. The molecule has 0 radical (unpaired) electrons. The molecule has 1 fully saturated rings. The van der Waals surface area contributed by atoms with Crippen molar-refractivity contribution < 1.29 is 4.74 Å². The van der Waals surface area contributed by atoms with Gasteiger partial charge in [0.05, 0.1) is 12.6 Å². The molecule has 7 heteroatoms. The predicted octanol–water partition coefficient (Wildman–Crippen LogP) is 1.98. The van der Waals surface area contributed by atoms with E-state index in [0.717, 1.165) is 64.4 Å². The lowest BCUT2D eigenvalue weighted by Crippen LogP contribution is -2.38. The first kappa shape index (κ1) is 21.0. The van der Waals surface area contributed by atoms with Crippen LogP contribution in [0.1, 0.15) is 32.6 Å². The van der Waals surface area contributed by atoms with E-state index in [0.29, 0.717) is 0 Å². The van der Waals surface area contributed by atoms with Gasteiger partial charge >= 0.3 is 0 Å². The summed E-state index contributed by atoms with van der Waals surface area (Å²) in [4.78, 5) is 16.2. The minimum absolute atomic E-state index is 0. The number of halogens is 1. The van der Waals surface area contributed by atoms with E-state index in [1.165, 1.54) is 0 Å². The smallest absolute Gasteiger partial charge is 0.250 e. The number of aliphatic imine (C=N–C) groups is 1. The van der Waals surface area contributed by atoms with Crippen LogP contribution in [-0.2, 0) is 11.3 Å². The van der Waals surface area contributed by atoms with Gasteiger partial charge in [0.15, 0.2) is 5.96 Å². The molecule has 2 rings (SSSR count). The molecule has 2 heterocycles. The zero-order chi connectivity index (χ0) is 16.3. The van der Waals surface area contributed by atoms with Crippen LogP contribution in [-0.4, -0.2) is 42.9 Å². The Bertz CT molecular complexity index is 541. The molecule has 1 unspecified atom stereocenters. The van der Waals surface area contributed by atoms with E-state index in [-0.39, 0.29) is 35.6 Å². The van der Waals surface area contributed by atoms with Gasteiger partial charge in [0, 0.05) is 38.5 Å². The molecule has 1 saturated heterocycles. The number of hydrogen-bond donors (Lipinski definition) is 2. The van der Waals surface area contributed by atoms with Gasteiger partial charge in [-0.25, -0.2) is 0 Å². The van der Waals surface area contributed by atoms with Gasteiger partial charge in [-0.05, 0) is 38.7 Å².